The summed E-state index contributed by atoms with van der Waals surface area (Å²) >= 11 is 0. The first-order valence-corrected chi connectivity index (χ1v) is 8.73. The Bertz CT molecular complexity index is 953. The van der Waals surface area contributed by atoms with E-state index in [0.29, 0.717) is 16.9 Å². The SMILES string of the molecule is CCOC(=O)C(NC(=O)c1ccccc1)c1cc2ccccc2cc1OC. The molecule has 0 spiro atoms. The molecule has 0 aliphatic rings. The van der Waals surface area contributed by atoms with Gasteiger partial charge in [-0.05, 0) is 42.0 Å². The van der Waals surface area contributed by atoms with Crippen LogP contribution in [-0.2, 0) is 9.53 Å². The van der Waals surface area contributed by atoms with Gasteiger partial charge in [-0.1, -0.05) is 42.5 Å². The molecule has 1 unspecified atom stereocenters. The Labute approximate surface area is 157 Å². The minimum atomic E-state index is -0.975. The molecular formula is C22H21NO4. The molecule has 0 bridgehead atoms. The summed E-state index contributed by atoms with van der Waals surface area (Å²) in [6.45, 7) is 1.94. The van der Waals surface area contributed by atoms with Crippen LogP contribution >= 0.6 is 0 Å². The Morgan fingerprint density at radius 3 is 2.22 bits per heavy atom. The van der Waals surface area contributed by atoms with Gasteiger partial charge in [0.05, 0.1) is 13.7 Å². The number of hydrogen-bond acceptors (Lipinski definition) is 4. The average molecular weight is 363 g/mol. The van der Waals surface area contributed by atoms with Crippen molar-refractivity contribution in [2.75, 3.05) is 13.7 Å². The number of benzene rings is 3. The maximum absolute atomic E-state index is 12.6. The van der Waals surface area contributed by atoms with Crippen molar-refractivity contribution in [2.24, 2.45) is 0 Å². The first-order chi connectivity index (χ1) is 13.1. The highest BCUT2D eigenvalue weighted by Gasteiger charge is 2.28. The zero-order valence-electron chi connectivity index (χ0n) is 15.3. The minimum absolute atomic E-state index is 0.215. The number of nitrogens with one attached hydrogen (secondary N) is 1. The Balaban J connectivity index is 2.03. The van der Waals surface area contributed by atoms with Crippen LogP contribution in [0.4, 0.5) is 0 Å². The molecular weight excluding hydrogens is 342 g/mol. The Kier molecular flexibility index (Phi) is 5.71. The van der Waals surface area contributed by atoms with Gasteiger partial charge in [0.15, 0.2) is 6.04 Å². The molecule has 0 radical (unpaired) electrons. The smallest absolute Gasteiger partial charge is 0.333 e. The summed E-state index contributed by atoms with van der Waals surface area (Å²) in [7, 11) is 1.54. The van der Waals surface area contributed by atoms with E-state index in [1.807, 2.05) is 42.5 Å². The lowest BCUT2D eigenvalue weighted by Gasteiger charge is -2.20. The van der Waals surface area contributed by atoms with Crippen molar-refractivity contribution in [3.05, 3.63) is 77.9 Å². The van der Waals surface area contributed by atoms with Crippen molar-refractivity contribution in [2.45, 2.75) is 13.0 Å². The van der Waals surface area contributed by atoms with Crippen molar-refractivity contribution >= 4 is 22.6 Å². The number of esters is 1. The third-order valence-electron chi connectivity index (χ3n) is 4.24. The van der Waals surface area contributed by atoms with Crippen molar-refractivity contribution < 1.29 is 19.1 Å². The number of rotatable bonds is 6. The zero-order chi connectivity index (χ0) is 19.2. The summed E-state index contributed by atoms with van der Waals surface area (Å²) in [5.74, 6) is -0.376. The molecule has 3 aromatic carbocycles. The van der Waals surface area contributed by atoms with Crippen LogP contribution in [-0.4, -0.2) is 25.6 Å². The van der Waals surface area contributed by atoms with Gasteiger partial charge in [0.25, 0.3) is 5.91 Å². The summed E-state index contributed by atoms with van der Waals surface area (Å²) in [5.41, 5.74) is 1.02. The largest absolute Gasteiger partial charge is 0.496 e. The highest BCUT2D eigenvalue weighted by atomic mass is 16.5. The van der Waals surface area contributed by atoms with Crippen LogP contribution in [0.25, 0.3) is 10.8 Å². The summed E-state index contributed by atoms with van der Waals surface area (Å²) in [6.07, 6.45) is 0. The van der Waals surface area contributed by atoms with E-state index < -0.39 is 12.0 Å². The second kappa shape index (κ2) is 8.36. The molecule has 0 saturated carbocycles. The molecule has 5 heteroatoms. The molecule has 0 aliphatic carbocycles. The van der Waals surface area contributed by atoms with E-state index in [-0.39, 0.29) is 12.5 Å². The van der Waals surface area contributed by atoms with E-state index in [0.717, 1.165) is 10.8 Å². The first kappa shape index (κ1) is 18.5. The van der Waals surface area contributed by atoms with Crippen LogP contribution in [0.3, 0.4) is 0 Å². The molecule has 0 fully saturated rings. The third-order valence-corrected chi connectivity index (χ3v) is 4.24. The maximum atomic E-state index is 12.6. The number of amides is 1. The van der Waals surface area contributed by atoms with E-state index in [1.54, 1.807) is 31.2 Å². The lowest BCUT2D eigenvalue weighted by atomic mass is 10.00. The zero-order valence-corrected chi connectivity index (χ0v) is 15.3. The minimum Gasteiger partial charge on any atom is -0.496 e. The van der Waals surface area contributed by atoms with E-state index in [9.17, 15) is 9.59 Å². The van der Waals surface area contributed by atoms with Gasteiger partial charge < -0.3 is 14.8 Å². The van der Waals surface area contributed by atoms with Crippen molar-refractivity contribution in [1.82, 2.24) is 5.32 Å². The topological polar surface area (TPSA) is 64.6 Å². The predicted octanol–water partition coefficient (Wildman–Crippen LogP) is 3.88. The summed E-state index contributed by atoms with van der Waals surface area (Å²) < 4.78 is 10.7. The summed E-state index contributed by atoms with van der Waals surface area (Å²) in [6, 6.07) is 19.2. The normalized spacial score (nSPS) is 11.6. The van der Waals surface area contributed by atoms with Crippen LogP contribution in [0.15, 0.2) is 66.7 Å². The lowest BCUT2D eigenvalue weighted by molar-refractivity contribution is -0.145. The van der Waals surface area contributed by atoms with Gasteiger partial charge in [-0.3, -0.25) is 4.79 Å². The molecule has 3 aromatic rings. The molecule has 1 N–H and O–H groups in total. The van der Waals surface area contributed by atoms with Gasteiger partial charge in [-0.2, -0.15) is 0 Å². The van der Waals surface area contributed by atoms with Gasteiger partial charge in [-0.25, -0.2) is 4.79 Å². The van der Waals surface area contributed by atoms with Gasteiger partial charge in [0, 0.05) is 11.1 Å². The molecule has 27 heavy (non-hydrogen) atoms. The van der Waals surface area contributed by atoms with E-state index in [1.165, 1.54) is 7.11 Å². The second-order valence-electron chi connectivity index (χ2n) is 5.97. The number of carbonyl (C=O) groups excluding carboxylic acids is 2. The first-order valence-electron chi connectivity index (χ1n) is 8.73. The van der Waals surface area contributed by atoms with E-state index in [2.05, 4.69) is 5.32 Å². The van der Waals surface area contributed by atoms with Crippen LogP contribution < -0.4 is 10.1 Å². The Hall–Kier alpha value is -3.34. The highest BCUT2D eigenvalue weighted by molar-refractivity contribution is 5.97. The number of fused-ring (bicyclic) bond motifs is 1. The molecule has 0 aromatic heterocycles. The fraction of sp³-hybridized carbons (Fsp3) is 0.182. The van der Waals surface area contributed by atoms with Crippen molar-refractivity contribution in [3.8, 4) is 5.75 Å². The van der Waals surface area contributed by atoms with Crippen molar-refractivity contribution in [3.63, 3.8) is 0 Å². The number of hydrogen-bond donors (Lipinski definition) is 1. The lowest BCUT2D eigenvalue weighted by Crippen LogP contribution is -2.35. The molecule has 3 rings (SSSR count). The maximum Gasteiger partial charge on any atom is 0.333 e. The highest BCUT2D eigenvalue weighted by Crippen LogP contribution is 2.31. The molecule has 0 heterocycles. The molecule has 1 atom stereocenters. The number of carbonyl (C=O) groups is 2. The third kappa shape index (κ3) is 4.08. The predicted molar refractivity (Wildman–Crippen MR) is 104 cm³/mol. The van der Waals surface area contributed by atoms with Crippen molar-refractivity contribution in [1.29, 1.82) is 0 Å². The molecule has 1 amide bonds. The molecule has 5 nitrogen and oxygen atoms in total. The molecule has 0 saturated heterocycles. The van der Waals surface area contributed by atoms with Gasteiger partial charge >= 0.3 is 5.97 Å². The summed E-state index contributed by atoms with van der Waals surface area (Å²) in [4.78, 5) is 25.3. The Morgan fingerprint density at radius 1 is 0.963 bits per heavy atom. The number of methoxy groups -OCH3 is 1. The van der Waals surface area contributed by atoms with E-state index in [4.69, 9.17) is 9.47 Å². The van der Waals surface area contributed by atoms with Crippen LogP contribution in [0.5, 0.6) is 5.75 Å². The summed E-state index contributed by atoms with van der Waals surface area (Å²) in [5, 5.41) is 4.70. The molecule has 138 valence electrons. The van der Waals surface area contributed by atoms with Gasteiger partial charge in [0.1, 0.15) is 5.75 Å². The fourth-order valence-corrected chi connectivity index (χ4v) is 2.93. The van der Waals surface area contributed by atoms with Crippen LogP contribution in [0.2, 0.25) is 0 Å². The average Bonchev–Trinajstić information content (AvgIpc) is 2.71. The number of ether oxygens (including phenoxy) is 2. The Morgan fingerprint density at radius 2 is 1.59 bits per heavy atom. The van der Waals surface area contributed by atoms with Crippen LogP contribution in [0, 0.1) is 0 Å². The quantitative estimate of drug-likeness (QED) is 0.675. The monoisotopic (exact) mass is 363 g/mol. The fourth-order valence-electron chi connectivity index (χ4n) is 2.93. The van der Waals surface area contributed by atoms with Gasteiger partial charge in [-0.15, -0.1) is 0 Å². The van der Waals surface area contributed by atoms with E-state index >= 15 is 0 Å². The standard InChI is InChI=1S/C22H21NO4/c1-3-27-22(25)20(23-21(24)15-9-5-4-6-10-15)18-13-16-11-7-8-12-17(16)14-19(18)26-2/h4-14,20H,3H2,1-2H3,(H,23,24). The van der Waals surface area contributed by atoms with Crippen LogP contribution in [0.1, 0.15) is 28.9 Å². The van der Waals surface area contributed by atoms with Gasteiger partial charge in [0.2, 0.25) is 0 Å². The second-order valence-corrected chi connectivity index (χ2v) is 5.97. The molecule has 0 aliphatic heterocycles.